The van der Waals surface area contributed by atoms with Gasteiger partial charge >= 0.3 is 0 Å². The largest absolute Gasteiger partial charge is 0.494 e. The monoisotopic (exact) mass is 280 g/mol. The van der Waals surface area contributed by atoms with E-state index in [-0.39, 0.29) is 0 Å². The first-order valence-corrected chi connectivity index (χ1v) is 8.05. The molecule has 1 aliphatic carbocycles. The lowest BCUT2D eigenvalue weighted by Gasteiger charge is -2.33. The van der Waals surface area contributed by atoms with Crippen LogP contribution in [0.5, 0.6) is 5.75 Å². The summed E-state index contributed by atoms with van der Waals surface area (Å²) >= 11 is 6.47. The van der Waals surface area contributed by atoms with Crippen LogP contribution in [0.2, 0.25) is 0 Å². The smallest absolute Gasteiger partial charge is 0.119 e. The van der Waals surface area contributed by atoms with Crippen molar-refractivity contribution in [3.63, 3.8) is 0 Å². The summed E-state index contributed by atoms with van der Waals surface area (Å²) in [6.07, 6.45) is 7.54. The van der Waals surface area contributed by atoms with E-state index in [0.29, 0.717) is 11.3 Å². The molecule has 0 aromatic heterocycles. The Balaban J connectivity index is 1.74. The molecular weight excluding hydrogens is 256 g/mol. The molecule has 19 heavy (non-hydrogen) atoms. The van der Waals surface area contributed by atoms with E-state index in [4.69, 9.17) is 16.3 Å². The zero-order chi connectivity index (χ0) is 13.5. The molecule has 0 spiro atoms. The summed E-state index contributed by atoms with van der Waals surface area (Å²) in [6.45, 7) is 3.07. The van der Waals surface area contributed by atoms with E-state index in [1.54, 1.807) is 0 Å². The van der Waals surface area contributed by atoms with Crippen LogP contribution in [0.25, 0.3) is 0 Å². The van der Waals surface area contributed by atoms with Crippen molar-refractivity contribution in [2.45, 2.75) is 50.8 Å². The average molecular weight is 281 g/mol. The van der Waals surface area contributed by atoms with Gasteiger partial charge in [0.05, 0.1) is 6.61 Å². The van der Waals surface area contributed by atoms with Crippen LogP contribution in [0.3, 0.4) is 0 Å². The van der Waals surface area contributed by atoms with Crippen LogP contribution in [0.4, 0.5) is 0 Å². The summed E-state index contributed by atoms with van der Waals surface area (Å²) in [5.74, 6) is 2.49. The van der Waals surface area contributed by atoms with Gasteiger partial charge in [0.1, 0.15) is 5.75 Å². The predicted octanol–water partition coefficient (Wildman–Crippen LogP) is 5.28. The van der Waals surface area contributed by atoms with Gasteiger partial charge in [-0.3, -0.25) is 0 Å². The highest BCUT2D eigenvalue weighted by molar-refractivity contribution is 6.20. The molecule has 1 nitrogen and oxygen atoms in total. The van der Waals surface area contributed by atoms with Crippen LogP contribution in [0, 0.1) is 11.8 Å². The van der Waals surface area contributed by atoms with Crippen LogP contribution in [0.15, 0.2) is 30.3 Å². The third-order valence-corrected chi connectivity index (χ3v) is 4.77. The van der Waals surface area contributed by atoms with Crippen LogP contribution in [0.1, 0.15) is 45.4 Å². The van der Waals surface area contributed by atoms with E-state index in [9.17, 15) is 0 Å². The van der Waals surface area contributed by atoms with E-state index in [0.717, 1.165) is 24.7 Å². The minimum atomic E-state index is 0.354. The van der Waals surface area contributed by atoms with Gasteiger partial charge in [-0.25, -0.2) is 0 Å². The second kappa shape index (κ2) is 7.79. The van der Waals surface area contributed by atoms with Gasteiger partial charge < -0.3 is 4.74 Å². The van der Waals surface area contributed by atoms with Crippen LogP contribution in [-0.4, -0.2) is 12.0 Å². The minimum Gasteiger partial charge on any atom is -0.494 e. The van der Waals surface area contributed by atoms with Crippen molar-refractivity contribution in [1.29, 1.82) is 0 Å². The number of hydrogen-bond acceptors (Lipinski definition) is 1. The Morgan fingerprint density at radius 2 is 1.95 bits per heavy atom. The summed E-state index contributed by atoms with van der Waals surface area (Å²) in [5, 5.41) is 0.354. The first-order valence-electron chi connectivity index (χ1n) is 7.61. The van der Waals surface area contributed by atoms with Crippen LogP contribution in [-0.2, 0) is 0 Å². The van der Waals surface area contributed by atoms with Crippen molar-refractivity contribution in [3.8, 4) is 5.75 Å². The van der Waals surface area contributed by atoms with Crippen molar-refractivity contribution >= 4 is 11.6 Å². The molecule has 0 saturated heterocycles. The fourth-order valence-electron chi connectivity index (χ4n) is 3.14. The zero-order valence-electron chi connectivity index (χ0n) is 11.9. The topological polar surface area (TPSA) is 9.23 Å². The van der Waals surface area contributed by atoms with Crippen LogP contribution >= 0.6 is 11.6 Å². The molecule has 0 radical (unpaired) electrons. The average Bonchev–Trinajstić information content (AvgIpc) is 2.44. The Bertz CT molecular complexity index is 352. The molecule has 0 aliphatic heterocycles. The third-order valence-electron chi connectivity index (χ3n) is 4.20. The molecule has 1 fully saturated rings. The van der Waals surface area contributed by atoms with Gasteiger partial charge in [0.2, 0.25) is 0 Å². The molecule has 0 heterocycles. The van der Waals surface area contributed by atoms with Crippen molar-refractivity contribution in [2.75, 3.05) is 6.61 Å². The number of hydrogen-bond donors (Lipinski definition) is 0. The van der Waals surface area contributed by atoms with Crippen molar-refractivity contribution in [1.82, 2.24) is 0 Å². The lowest BCUT2D eigenvalue weighted by atomic mass is 9.78. The summed E-state index contributed by atoms with van der Waals surface area (Å²) in [4.78, 5) is 0. The first-order chi connectivity index (χ1) is 9.29. The minimum absolute atomic E-state index is 0.354. The fourth-order valence-corrected chi connectivity index (χ4v) is 3.49. The van der Waals surface area contributed by atoms with Gasteiger partial charge in [-0.2, -0.15) is 0 Å². The number of benzene rings is 1. The Hall–Kier alpha value is -0.690. The molecule has 106 valence electrons. The summed E-state index contributed by atoms with van der Waals surface area (Å²) in [7, 11) is 0. The number of ether oxygens (including phenoxy) is 1. The van der Waals surface area contributed by atoms with Gasteiger partial charge in [-0.1, -0.05) is 38.0 Å². The number of para-hydroxylation sites is 1. The van der Waals surface area contributed by atoms with E-state index < -0.39 is 0 Å². The molecule has 1 aromatic rings. The Morgan fingerprint density at radius 1 is 1.16 bits per heavy atom. The van der Waals surface area contributed by atoms with Gasteiger partial charge in [-0.05, 0) is 49.7 Å². The Kier molecular flexibility index (Phi) is 6.03. The molecule has 0 bridgehead atoms. The number of alkyl halides is 1. The fraction of sp³-hybridized carbons (Fsp3) is 0.647. The van der Waals surface area contributed by atoms with E-state index in [1.807, 2.05) is 30.3 Å². The molecular formula is C17H25ClO. The highest BCUT2D eigenvalue weighted by atomic mass is 35.5. The van der Waals surface area contributed by atoms with Crippen molar-refractivity contribution < 1.29 is 4.74 Å². The van der Waals surface area contributed by atoms with E-state index in [2.05, 4.69) is 6.92 Å². The molecule has 2 heteroatoms. The SMILES string of the molecule is CCCC1CCC(Cl)C(CCOc2ccccc2)C1. The standard InChI is InChI=1S/C17H25ClO/c1-2-6-14-9-10-17(18)15(13-14)11-12-19-16-7-4-3-5-8-16/h3-5,7-8,14-15,17H,2,6,9-13H2,1H3. The highest BCUT2D eigenvalue weighted by Gasteiger charge is 2.28. The van der Waals surface area contributed by atoms with Gasteiger partial charge in [0, 0.05) is 5.38 Å². The maximum absolute atomic E-state index is 6.47. The highest BCUT2D eigenvalue weighted by Crippen LogP contribution is 2.36. The normalized spacial score (nSPS) is 27.2. The predicted molar refractivity (Wildman–Crippen MR) is 81.9 cm³/mol. The molecule has 2 rings (SSSR count). The summed E-state index contributed by atoms with van der Waals surface area (Å²) in [6, 6.07) is 10.1. The summed E-state index contributed by atoms with van der Waals surface area (Å²) in [5.41, 5.74) is 0. The number of halogens is 1. The maximum Gasteiger partial charge on any atom is 0.119 e. The first kappa shape index (κ1) is 14.7. The molecule has 1 saturated carbocycles. The Morgan fingerprint density at radius 3 is 2.68 bits per heavy atom. The lowest BCUT2D eigenvalue weighted by Crippen LogP contribution is -2.27. The summed E-state index contributed by atoms with van der Waals surface area (Å²) < 4.78 is 5.79. The molecule has 0 N–H and O–H groups in total. The third kappa shape index (κ3) is 4.72. The maximum atomic E-state index is 6.47. The second-order valence-electron chi connectivity index (χ2n) is 5.69. The molecule has 0 amide bonds. The molecule has 3 unspecified atom stereocenters. The van der Waals surface area contributed by atoms with Crippen molar-refractivity contribution in [3.05, 3.63) is 30.3 Å². The molecule has 1 aromatic carbocycles. The van der Waals surface area contributed by atoms with Crippen molar-refractivity contribution in [2.24, 2.45) is 11.8 Å². The second-order valence-corrected chi connectivity index (χ2v) is 6.25. The van der Waals surface area contributed by atoms with Gasteiger partial charge in [0.25, 0.3) is 0 Å². The lowest BCUT2D eigenvalue weighted by molar-refractivity contribution is 0.208. The van der Waals surface area contributed by atoms with E-state index in [1.165, 1.54) is 32.1 Å². The quantitative estimate of drug-likeness (QED) is 0.644. The van der Waals surface area contributed by atoms with Crippen LogP contribution < -0.4 is 4.74 Å². The van der Waals surface area contributed by atoms with Gasteiger partial charge in [-0.15, -0.1) is 11.6 Å². The molecule has 3 atom stereocenters. The Labute approximate surface area is 122 Å². The number of rotatable bonds is 6. The van der Waals surface area contributed by atoms with Gasteiger partial charge in [0.15, 0.2) is 0 Å². The van der Waals surface area contributed by atoms with E-state index >= 15 is 0 Å². The zero-order valence-corrected chi connectivity index (χ0v) is 12.6. The molecule has 1 aliphatic rings.